The van der Waals surface area contributed by atoms with Gasteiger partial charge in [0.05, 0.1) is 18.7 Å². The van der Waals surface area contributed by atoms with Gasteiger partial charge < -0.3 is 15.0 Å². The Balaban J connectivity index is 1.74. The Bertz CT molecular complexity index is 871. The van der Waals surface area contributed by atoms with Gasteiger partial charge in [0.15, 0.2) is 0 Å². The number of carbonyl (C=O) groups excluding carboxylic acids is 1. The van der Waals surface area contributed by atoms with Crippen LogP contribution in [0.15, 0.2) is 29.1 Å². The van der Waals surface area contributed by atoms with Crippen molar-refractivity contribution < 1.29 is 9.53 Å². The summed E-state index contributed by atoms with van der Waals surface area (Å²) in [4.78, 5) is 34.4. The molecule has 26 heavy (non-hydrogen) atoms. The van der Waals surface area contributed by atoms with Gasteiger partial charge >= 0.3 is 6.03 Å². The first-order valence-electron chi connectivity index (χ1n) is 8.76. The number of H-pyrrole nitrogens is 1. The van der Waals surface area contributed by atoms with Crippen molar-refractivity contribution in [3.05, 3.63) is 45.7 Å². The number of anilines is 2. The average Bonchev–Trinajstić information content (AvgIpc) is 2.67. The van der Waals surface area contributed by atoms with E-state index in [0.29, 0.717) is 23.1 Å². The van der Waals surface area contributed by atoms with Crippen molar-refractivity contribution >= 4 is 17.8 Å². The van der Waals surface area contributed by atoms with Crippen LogP contribution in [0.5, 0.6) is 5.75 Å². The summed E-state index contributed by atoms with van der Waals surface area (Å²) in [6, 6.07) is 6.32. The molecule has 0 saturated carbocycles. The third kappa shape index (κ3) is 2.98. The molecule has 0 aliphatic carbocycles. The van der Waals surface area contributed by atoms with Crippen LogP contribution in [0.25, 0.3) is 0 Å². The molecule has 1 atom stereocenters. The van der Waals surface area contributed by atoms with Gasteiger partial charge in [-0.2, -0.15) is 4.98 Å². The van der Waals surface area contributed by atoms with Gasteiger partial charge in [-0.05, 0) is 37.0 Å². The number of ether oxygens (including phenoxy) is 1. The molecule has 8 nitrogen and oxygen atoms in total. The Morgan fingerprint density at radius 3 is 2.54 bits per heavy atom. The normalized spacial score (nSPS) is 19.3. The Kier molecular flexibility index (Phi) is 4.24. The zero-order valence-corrected chi connectivity index (χ0v) is 14.5. The van der Waals surface area contributed by atoms with E-state index in [1.807, 2.05) is 12.1 Å². The predicted octanol–water partition coefficient (Wildman–Crippen LogP) is 1.99. The number of rotatable bonds is 3. The summed E-state index contributed by atoms with van der Waals surface area (Å²) >= 11 is 0. The van der Waals surface area contributed by atoms with Gasteiger partial charge in [-0.25, -0.2) is 4.79 Å². The Hall–Kier alpha value is -3.03. The van der Waals surface area contributed by atoms with Crippen molar-refractivity contribution in [1.29, 1.82) is 0 Å². The van der Waals surface area contributed by atoms with E-state index in [0.717, 1.165) is 31.5 Å². The Labute approximate surface area is 150 Å². The van der Waals surface area contributed by atoms with Gasteiger partial charge in [0.2, 0.25) is 5.95 Å². The highest BCUT2D eigenvalue weighted by atomic mass is 16.5. The first kappa shape index (κ1) is 16.4. The molecule has 1 saturated heterocycles. The van der Waals surface area contributed by atoms with Crippen molar-refractivity contribution in [1.82, 2.24) is 15.3 Å². The fourth-order valence-electron chi connectivity index (χ4n) is 3.48. The topological polar surface area (TPSA) is 99.3 Å². The molecule has 1 unspecified atom stereocenters. The van der Waals surface area contributed by atoms with Crippen LogP contribution in [-0.2, 0) is 0 Å². The van der Waals surface area contributed by atoms with E-state index >= 15 is 0 Å². The van der Waals surface area contributed by atoms with Crippen molar-refractivity contribution in [2.45, 2.75) is 25.3 Å². The van der Waals surface area contributed by atoms with E-state index in [1.54, 1.807) is 19.2 Å². The molecule has 2 aliphatic rings. The van der Waals surface area contributed by atoms with E-state index in [4.69, 9.17) is 4.74 Å². The lowest BCUT2D eigenvalue weighted by atomic mass is 9.98. The van der Waals surface area contributed by atoms with Crippen molar-refractivity contribution in [3.8, 4) is 5.75 Å². The highest BCUT2D eigenvalue weighted by molar-refractivity contribution is 5.92. The molecule has 3 heterocycles. The number of carbonyl (C=O) groups is 1. The van der Waals surface area contributed by atoms with E-state index < -0.39 is 6.04 Å². The van der Waals surface area contributed by atoms with E-state index in [-0.39, 0.29) is 11.6 Å². The molecule has 8 heteroatoms. The lowest BCUT2D eigenvalue weighted by Gasteiger charge is -2.30. The molecule has 1 aromatic carbocycles. The zero-order valence-electron chi connectivity index (χ0n) is 14.5. The summed E-state index contributed by atoms with van der Waals surface area (Å²) in [5, 5.41) is 5.47. The molecule has 136 valence electrons. The monoisotopic (exact) mass is 355 g/mol. The van der Waals surface area contributed by atoms with Gasteiger partial charge in [-0.3, -0.25) is 15.1 Å². The average molecular weight is 355 g/mol. The van der Waals surface area contributed by atoms with Crippen LogP contribution in [-0.4, -0.2) is 36.2 Å². The summed E-state index contributed by atoms with van der Waals surface area (Å²) in [6.45, 7) is 1.71. The minimum Gasteiger partial charge on any atom is -0.497 e. The molecular formula is C18H21N5O3. The number of hydrogen-bond acceptors (Lipinski definition) is 5. The fraction of sp³-hybridized carbons (Fsp3) is 0.389. The molecule has 2 aliphatic heterocycles. The van der Waals surface area contributed by atoms with Gasteiger partial charge in [0.25, 0.3) is 5.56 Å². The number of hydrogen-bond donors (Lipinski definition) is 3. The number of piperidine rings is 1. The molecule has 3 N–H and O–H groups in total. The van der Waals surface area contributed by atoms with Crippen LogP contribution < -0.4 is 25.8 Å². The first-order chi connectivity index (χ1) is 12.7. The quantitative estimate of drug-likeness (QED) is 0.782. The van der Waals surface area contributed by atoms with Gasteiger partial charge in [0.1, 0.15) is 11.6 Å². The van der Waals surface area contributed by atoms with Crippen LogP contribution in [0, 0.1) is 0 Å². The molecular weight excluding hydrogens is 334 g/mol. The van der Waals surface area contributed by atoms with Crippen molar-refractivity contribution in [3.63, 3.8) is 0 Å². The van der Waals surface area contributed by atoms with Gasteiger partial charge in [0, 0.05) is 13.1 Å². The Morgan fingerprint density at radius 2 is 1.85 bits per heavy atom. The molecule has 1 aromatic heterocycles. The number of amides is 2. The predicted molar refractivity (Wildman–Crippen MR) is 97.9 cm³/mol. The minimum absolute atomic E-state index is 0.246. The maximum Gasteiger partial charge on any atom is 0.321 e. The first-order valence-corrected chi connectivity index (χ1v) is 8.76. The summed E-state index contributed by atoms with van der Waals surface area (Å²) < 4.78 is 5.17. The summed E-state index contributed by atoms with van der Waals surface area (Å²) in [7, 11) is 1.59. The second-order valence-electron chi connectivity index (χ2n) is 6.50. The number of nitrogens with one attached hydrogen (secondary N) is 3. The lowest BCUT2D eigenvalue weighted by Crippen LogP contribution is -2.43. The third-order valence-corrected chi connectivity index (χ3v) is 4.84. The number of benzene rings is 1. The number of fused-ring (bicyclic) bond motifs is 1. The SMILES string of the molecule is COc1ccc(C2NC(=O)Nc3nc(N4CCCCC4)[nH]c(=O)c32)cc1. The number of urea groups is 1. The summed E-state index contributed by atoms with van der Waals surface area (Å²) in [5.41, 5.74) is 0.958. The molecule has 4 rings (SSSR count). The molecule has 1 fully saturated rings. The molecule has 0 radical (unpaired) electrons. The second kappa shape index (κ2) is 6.70. The molecule has 2 aromatic rings. The maximum atomic E-state index is 12.8. The standard InChI is InChI=1S/C18H21N5O3/c1-26-12-7-5-11(6-8-12)14-13-15(21-18(25)19-14)20-17(22-16(13)24)23-9-3-2-4-10-23/h5-8,14H,2-4,9-10H2,1H3,(H3,19,20,21,22,24,25). The number of aromatic amines is 1. The largest absolute Gasteiger partial charge is 0.497 e. The van der Waals surface area contributed by atoms with Crippen LogP contribution in [0.1, 0.15) is 36.4 Å². The lowest BCUT2D eigenvalue weighted by molar-refractivity contribution is 0.248. The van der Waals surface area contributed by atoms with Gasteiger partial charge in [-0.15, -0.1) is 0 Å². The smallest absolute Gasteiger partial charge is 0.321 e. The van der Waals surface area contributed by atoms with Gasteiger partial charge in [-0.1, -0.05) is 12.1 Å². The van der Waals surface area contributed by atoms with E-state index in [2.05, 4.69) is 25.5 Å². The maximum absolute atomic E-state index is 12.8. The van der Waals surface area contributed by atoms with E-state index in [1.165, 1.54) is 6.42 Å². The summed E-state index contributed by atoms with van der Waals surface area (Å²) in [6.07, 6.45) is 3.33. The number of nitrogens with zero attached hydrogens (tertiary/aromatic N) is 2. The van der Waals surface area contributed by atoms with Crippen LogP contribution in [0.3, 0.4) is 0 Å². The highest BCUT2D eigenvalue weighted by Gasteiger charge is 2.31. The zero-order chi connectivity index (χ0) is 18.1. The van der Waals surface area contributed by atoms with E-state index in [9.17, 15) is 9.59 Å². The third-order valence-electron chi connectivity index (χ3n) is 4.84. The number of aromatic nitrogens is 2. The van der Waals surface area contributed by atoms with Crippen LogP contribution in [0.2, 0.25) is 0 Å². The molecule has 0 bridgehead atoms. The fourth-order valence-corrected chi connectivity index (χ4v) is 3.48. The second-order valence-corrected chi connectivity index (χ2v) is 6.50. The number of methoxy groups -OCH3 is 1. The molecule has 0 spiro atoms. The Morgan fingerprint density at radius 1 is 1.12 bits per heavy atom. The van der Waals surface area contributed by atoms with Crippen LogP contribution >= 0.6 is 0 Å². The van der Waals surface area contributed by atoms with Crippen molar-refractivity contribution in [2.75, 3.05) is 30.4 Å². The van der Waals surface area contributed by atoms with Crippen molar-refractivity contribution in [2.24, 2.45) is 0 Å². The minimum atomic E-state index is -0.559. The molecule has 2 amide bonds. The summed E-state index contributed by atoms with van der Waals surface area (Å²) in [5.74, 6) is 1.55. The van der Waals surface area contributed by atoms with Crippen LogP contribution in [0.4, 0.5) is 16.6 Å². The highest BCUT2D eigenvalue weighted by Crippen LogP contribution is 2.30.